The zero-order chi connectivity index (χ0) is 14.2. The molecule has 1 aromatic carbocycles. The molecule has 0 aliphatic carbocycles. The molecular formula is C11H4Cl3F3OS. The Hall–Kier alpha value is -0.490. The van der Waals surface area contributed by atoms with Crippen molar-refractivity contribution in [1.29, 1.82) is 0 Å². The molecule has 8 heteroatoms. The molecule has 2 rings (SSSR count). The van der Waals surface area contributed by atoms with Crippen molar-refractivity contribution in [3.05, 3.63) is 39.5 Å². The molecule has 0 atom stereocenters. The smallest absolute Gasteiger partial charge is 0.446 e. The molecule has 0 radical (unpaired) electrons. The Kier molecular flexibility index (Phi) is 4.30. The fourth-order valence-electron chi connectivity index (χ4n) is 1.42. The first kappa shape index (κ1) is 14.9. The molecule has 0 N–H and O–H groups in total. The van der Waals surface area contributed by atoms with Gasteiger partial charge >= 0.3 is 5.51 Å². The van der Waals surface area contributed by atoms with Gasteiger partial charge in [0.25, 0.3) is 0 Å². The largest absolute Gasteiger partial charge is 0.464 e. The van der Waals surface area contributed by atoms with Crippen molar-refractivity contribution in [1.82, 2.24) is 0 Å². The SMILES string of the molecule is FC(F)(F)Sc1cc(Cl)c(-c2ccco2)c(Cl)c1Cl. The minimum atomic E-state index is -4.47. The van der Waals surface area contributed by atoms with E-state index in [0.717, 1.165) is 6.07 Å². The minimum absolute atomic E-state index is 0.0381. The lowest BCUT2D eigenvalue weighted by Gasteiger charge is -2.12. The van der Waals surface area contributed by atoms with Crippen LogP contribution in [0.25, 0.3) is 11.3 Å². The highest BCUT2D eigenvalue weighted by Gasteiger charge is 2.32. The molecule has 0 saturated heterocycles. The van der Waals surface area contributed by atoms with Gasteiger partial charge in [-0.1, -0.05) is 34.8 Å². The van der Waals surface area contributed by atoms with E-state index in [1.165, 1.54) is 6.26 Å². The summed E-state index contributed by atoms with van der Waals surface area (Å²) in [5.41, 5.74) is -4.20. The summed E-state index contributed by atoms with van der Waals surface area (Å²) in [6, 6.07) is 4.31. The first-order chi connectivity index (χ1) is 8.79. The summed E-state index contributed by atoms with van der Waals surface area (Å²) < 4.78 is 42.2. The molecule has 0 aliphatic heterocycles. The van der Waals surface area contributed by atoms with E-state index in [1.54, 1.807) is 12.1 Å². The summed E-state index contributed by atoms with van der Waals surface area (Å²) in [5.74, 6) is 0.334. The number of hydrogen-bond acceptors (Lipinski definition) is 2. The Morgan fingerprint density at radius 2 is 1.79 bits per heavy atom. The monoisotopic (exact) mass is 346 g/mol. The lowest BCUT2D eigenvalue weighted by atomic mass is 10.2. The quantitative estimate of drug-likeness (QED) is 0.453. The van der Waals surface area contributed by atoms with Gasteiger partial charge in [-0.05, 0) is 30.0 Å². The van der Waals surface area contributed by atoms with E-state index in [-0.39, 0.29) is 37.3 Å². The maximum absolute atomic E-state index is 12.4. The van der Waals surface area contributed by atoms with Gasteiger partial charge in [-0.3, -0.25) is 0 Å². The molecule has 0 unspecified atom stereocenters. The second-order valence-electron chi connectivity index (χ2n) is 3.38. The molecule has 0 amide bonds. The maximum atomic E-state index is 12.4. The van der Waals surface area contributed by atoms with Crippen molar-refractivity contribution < 1.29 is 17.6 Å². The van der Waals surface area contributed by atoms with Gasteiger partial charge < -0.3 is 4.42 Å². The average Bonchev–Trinajstić information content (AvgIpc) is 2.77. The van der Waals surface area contributed by atoms with Crippen LogP contribution in [0, 0.1) is 0 Å². The lowest BCUT2D eigenvalue weighted by molar-refractivity contribution is -0.0328. The summed E-state index contributed by atoms with van der Waals surface area (Å²) in [5, 5.41) is -0.244. The zero-order valence-electron chi connectivity index (χ0n) is 8.89. The van der Waals surface area contributed by atoms with Gasteiger partial charge in [0.05, 0.1) is 26.9 Å². The van der Waals surface area contributed by atoms with Crippen molar-refractivity contribution in [3.63, 3.8) is 0 Å². The van der Waals surface area contributed by atoms with E-state index >= 15 is 0 Å². The molecule has 1 aromatic heterocycles. The first-order valence-corrected chi connectivity index (χ1v) is 6.72. The zero-order valence-corrected chi connectivity index (χ0v) is 12.0. The summed E-state index contributed by atoms with van der Waals surface area (Å²) >= 11 is 17.4. The number of halogens is 6. The fraction of sp³-hybridized carbons (Fsp3) is 0.0909. The van der Waals surface area contributed by atoms with Gasteiger partial charge in [-0.25, -0.2) is 0 Å². The Balaban J connectivity index is 2.54. The van der Waals surface area contributed by atoms with E-state index in [9.17, 15) is 13.2 Å². The van der Waals surface area contributed by atoms with Crippen molar-refractivity contribution in [2.45, 2.75) is 10.4 Å². The van der Waals surface area contributed by atoms with Crippen LogP contribution in [0.3, 0.4) is 0 Å². The molecule has 1 nitrogen and oxygen atoms in total. The van der Waals surface area contributed by atoms with E-state index in [0.29, 0.717) is 5.76 Å². The Bertz CT molecular complexity index is 596. The lowest BCUT2D eigenvalue weighted by Crippen LogP contribution is -2.00. The molecule has 19 heavy (non-hydrogen) atoms. The highest BCUT2D eigenvalue weighted by Crippen LogP contribution is 2.48. The predicted octanol–water partition coefficient (Wildman–Crippen LogP) is 6.52. The molecule has 0 saturated carbocycles. The number of hydrogen-bond donors (Lipinski definition) is 0. The van der Waals surface area contributed by atoms with E-state index in [1.807, 2.05) is 0 Å². The topological polar surface area (TPSA) is 13.1 Å². The number of thioether (sulfide) groups is 1. The van der Waals surface area contributed by atoms with Gasteiger partial charge in [-0.2, -0.15) is 13.2 Å². The molecule has 102 valence electrons. The van der Waals surface area contributed by atoms with Crippen molar-refractivity contribution in [2.24, 2.45) is 0 Å². The van der Waals surface area contributed by atoms with Crippen LogP contribution in [0.1, 0.15) is 0 Å². The van der Waals surface area contributed by atoms with Crippen LogP contribution >= 0.6 is 46.6 Å². The molecular weight excluding hydrogens is 344 g/mol. The second-order valence-corrected chi connectivity index (χ2v) is 5.65. The number of furan rings is 1. The predicted molar refractivity (Wildman–Crippen MR) is 71.1 cm³/mol. The number of rotatable bonds is 2. The Labute approximate surface area is 125 Å². The number of alkyl halides is 3. The van der Waals surface area contributed by atoms with Crippen molar-refractivity contribution >= 4 is 46.6 Å². The third kappa shape index (κ3) is 3.34. The van der Waals surface area contributed by atoms with Gasteiger partial charge in [0, 0.05) is 4.90 Å². The van der Waals surface area contributed by atoms with Gasteiger partial charge in [-0.15, -0.1) is 0 Å². The van der Waals surface area contributed by atoms with Crippen LogP contribution in [-0.2, 0) is 0 Å². The van der Waals surface area contributed by atoms with Gasteiger partial charge in [0.2, 0.25) is 0 Å². The highest BCUT2D eigenvalue weighted by atomic mass is 35.5. The fourth-order valence-corrected chi connectivity index (χ4v) is 3.06. The molecule has 0 aliphatic rings. The molecule has 0 spiro atoms. The van der Waals surface area contributed by atoms with Gasteiger partial charge in [0.15, 0.2) is 0 Å². The van der Waals surface area contributed by atoms with Crippen LogP contribution in [-0.4, -0.2) is 5.51 Å². The normalized spacial score (nSPS) is 11.9. The van der Waals surface area contributed by atoms with Crippen molar-refractivity contribution in [3.8, 4) is 11.3 Å². The molecule has 0 fully saturated rings. The van der Waals surface area contributed by atoms with Crippen molar-refractivity contribution in [2.75, 3.05) is 0 Å². The Morgan fingerprint density at radius 3 is 2.32 bits per heavy atom. The summed E-state index contributed by atoms with van der Waals surface area (Å²) in [6.07, 6.45) is 1.40. The number of benzene rings is 1. The average molecular weight is 348 g/mol. The van der Waals surface area contributed by atoms with E-state index < -0.39 is 5.51 Å². The Morgan fingerprint density at radius 1 is 1.11 bits per heavy atom. The third-order valence-electron chi connectivity index (χ3n) is 2.12. The molecule has 0 bridgehead atoms. The van der Waals surface area contributed by atoms with Crippen LogP contribution in [0.2, 0.25) is 15.1 Å². The van der Waals surface area contributed by atoms with Crippen LogP contribution < -0.4 is 0 Å². The standard InChI is InChI=1S/C11H4Cl3F3OS/c12-5-4-7(19-11(15,16)17)9(13)10(14)8(5)6-2-1-3-18-6/h1-4H. The maximum Gasteiger partial charge on any atom is 0.446 e. The first-order valence-electron chi connectivity index (χ1n) is 4.76. The highest BCUT2D eigenvalue weighted by molar-refractivity contribution is 8.00. The molecule has 1 heterocycles. The van der Waals surface area contributed by atoms with E-state index in [2.05, 4.69) is 0 Å². The van der Waals surface area contributed by atoms with Crippen LogP contribution in [0.4, 0.5) is 13.2 Å². The van der Waals surface area contributed by atoms with E-state index in [4.69, 9.17) is 39.2 Å². The molecule has 2 aromatic rings. The second kappa shape index (κ2) is 5.48. The van der Waals surface area contributed by atoms with Gasteiger partial charge in [0.1, 0.15) is 5.76 Å². The summed E-state index contributed by atoms with van der Waals surface area (Å²) in [4.78, 5) is -0.250. The third-order valence-corrected chi connectivity index (χ3v) is 4.17. The van der Waals surface area contributed by atoms with Crippen LogP contribution in [0.5, 0.6) is 0 Å². The summed E-state index contributed by atoms with van der Waals surface area (Å²) in [7, 11) is 0. The summed E-state index contributed by atoms with van der Waals surface area (Å²) in [6.45, 7) is 0. The minimum Gasteiger partial charge on any atom is -0.464 e. The van der Waals surface area contributed by atoms with Crippen LogP contribution in [0.15, 0.2) is 33.8 Å².